The Balaban J connectivity index is 1.13. The molecule has 14 heteroatoms. The lowest BCUT2D eigenvalue weighted by Gasteiger charge is -2.47. The lowest BCUT2D eigenvalue weighted by atomic mass is 9.84. The van der Waals surface area contributed by atoms with Crippen LogP contribution in [0.5, 0.6) is 5.75 Å². The molecule has 3 fully saturated rings. The maximum Gasteiger partial charge on any atom is 0.324 e. The average Bonchev–Trinajstić information content (AvgIpc) is 3.10. The maximum absolute atomic E-state index is 14.1. The summed E-state index contributed by atoms with van der Waals surface area (Å²) in [6.45, 7) is 3.43. The first kappa shape index (κ1) is 34.5. The van der Waals surface area contributed by atoms with Gasteiger partial charge in [-0.05, 0) is 113 Å². The quantitative estimate of drug-likeness (QED) is 0.310. The van der Waals surface area contributed by atoms with Crippen LogP contribution in [0.4, 0.5) is 15.3 Å². The molecule has 3 saturated heterocycles. The van der Waals surface area contributed by atoms with Crippen molar-refractivity contribution in [1.82, 2.24) is 24.9 Å². The second kappa shape index (κ2) is 14.6. The number of amides is 5. The molecule has 2 aromatic rings. The molecule has 0 aliphatic carbocycles. The van der Waals surface area contributed by atoms with E-state index in [-0.39, 0.29) is 49.3 Å². The number of likely N-dealkylation sites (tertiary alicyclic amines) is 3. The highest BCUT2D eigenvalue weighted by molar-refractivity contribution is 9.11. The molecule has 0 unspecified atom stereocenters. The van der Waals surface area contributed by atoms with Crippen LogP contribution in [0.15, 0.2) is 45.3 Å². The molecule has 258 valence electrons. The molecule has 2 aromatic carbocycles. The highest BCUT2D eigenvalue weighted by Gasteiger charge is 2.48. The Kier molecular flexibility index (Phi) is 10.5. The molecule has 0 aromatic heterocycles. The molecule has 0 spiro atoms. The maximum atomic E-state index is 14.1. The summed E-state index contributed by atoms with van der Waals surface area (Å²) in [4.78, 5) is 60.5. The van der Waals surface area contributed by atoms with Gasteiger partial charge in [-0.3, -0.25) is 14.5 Å². The number of carbonyl (C=O) groups is 4. The van der Waals surface area contributed by atoms with Crippen LogP contribution in [-0.4, -0.2) is 111 Å². The van der Waals surface area contributed by atoms with Crippen molar-refractivity contribution in [3.05, 3.63) is 56.5 Å². The molecular weight excluding hydrogens is 748 g/mol. The van der Waals surface area contributed by atoms with Crippen LogP contribution < -0.4 is 10.6 Å². The number of aliphatic carboxylic acids is 1. The van der Waals surface area contributed by atoms with E-state index in [2.05, 4.69) is 47.4 Å². The lowest BCUT2D eigenvalue weighted by Crippen LogP contribution is -2.63. The number of phenols is 1. The van der Waals surface area contributed by atoms with Crippen LogP contribution in [0, 0.1) is 0 Å². The van der Waals surface area contributed by atoms with Crippen molar-refractivity contribution in [3.8, 4) is 5.75 Å². The van der Waals surface area contributed by atoms with Gasteiger partial charge in [0.25, 0.3) is 0 Å². The second-order valence-corrected chi connectivity index (χ2v) is 15.0. The van der Waals surface area contributed by atoms with Gasteiger partial charge >= 0.3 is 18.0 Å². The van der Waals surface area contributed by atoms with Crippen molar-refractivity contribution >= 4 is 61.5 Å². The van der Waals surface area contributed by atoms with E-state index in [4.69, 9.17) is 0 Å². The fraction of sp³-hybridized carbons (Fsp3) is 0.529. The van der Waals surface area contributed by atoms with Crippen LogP contribution >= 0.6 is 31.9 Å². The number of para-hydroxylation sites is 1. The van der Waals surface area contributed by atoms with E-state index in [9.17, 15) is 29.4 Å². The van der Waals surface area contributed by atoms with Crippen LogP contribution in [-0.2, 0) is 22.6 Å². The highest BCUT2D eigenvalue weighted by Crippen LogP contribution is 2.35. The molecule has 5 amide bonds. The van der Waals surface area contributed by atoms with Gasteiger partial charge in [0.1, 0.15) is 17.3 Å². The van der Waals surface area contributed by atoms with Gasteiger partial charge in [-0.25, -0.2) is 9.59 Å². The van der Waals surface area contributed by atoms with Gasteiger partial charge in [-0.1, -0.05) is 24.6 Å². The number of halogens is 2. The number of phenolic OH excluding ortho intramolecular Hbond substituents is 1. The zero-order valence-electron chi connectivity index (χ0n) is 26.8. The number of nitrogens with one attached hydrogen (secondary N) is 2. The Bertz CT molecular complexity index is 1530. The van der Waals surface area contributed by atoms with Gasteiger partial charge in [0.2, 0.25) is 5.91 Å². The van der Waals surface area contributed by atoms with Crippen molar-refractivity contribution in [2.24, 2.45) is 0 Å². The van der Waals surface area contributed by atoms with Crippen LogP contribution in [0.1, 0.15) is 56.1 Å². The van der Waals surface area contributed by atoms with Gasteiger partial charge in [-0.2, -0.15) is 0 Å². The molecule has 4 heterocycles. The van der Waals surface area contributed by atoms with Crippen LogP contribution in [0.25, 0.3) is 0 Å². The average molecular weight is 791 g/mol. The second-order valence-electron chi connectivity index (χ2n) is 13.3. The Morgan fingerprint density at radius 2 is 1.58 bits per heavy atom. The molecule has 4 N–H and O–H groups in total. The van der Waals surface area contributed by atoms with Gasteiger partial charge in [-0.15, -0.1) is 0 Å². The normalized spacial score (nSPS) is 20.9. The largest absolute Gasteiger partial charge is 0.506 e. The number of urea groups is 2. The number of rotatable bonds is 7. The number of piperidine rings is 3. The third-order valence-corrected chi connectivity index (χ3v) is 11.6. The number of nitrogens with zero attached hydrogens (tertiary/aromatic N) is 4. The highest BCUT2D eigenvalue weighted by atomic mass is 79.9. The van der Waals surface area contributed by atoms with E-state index >= 15 is 0 Å². The van der Waals surface area contributed by atoms with Crippen molar-refractivity contribution < 1.29 is 29.4 Å². The van der Waals surface area contributed by atoms with Crippen molar-refractivity contribution in [1.29, 1.82) is 0 Å². The number of carboxylic acid groups (broad SMARTS) is 1. The number of carboxylic acids is 1. The Hall–Kier alpha value is -3.36. The monoisotopic (exact) mass is 788 g/mol. The molecule has 1 atom stereocenters. The van der Waals surface area contributed by atoms with Gasteiger partial charge in [0, 0.05) is 50.9 Å². The minimum atomic E-state index is -0.986. The minimum Gasteiger partial charge on any atom is -0.506 e. The predicted molar refractivity (Wildman–Crippen MR) is 187 cm³/mol. The number of hydrogen-bond donors (Lipinski definition) is 4. The summed E-state index contributed by atoms with van der Waals surface area (Å²) in [5.74, 6) is -1.06. The van der Waals surface area contributed by atoms with Crippen molar-refractivity contribution in [3.63, 3.8) is 0 Å². The summed E-state index contributed by atoms with van der Waals surface area (Å²) in [7, 11) is 0. The summed E-state index contributed by atoms with van der Waals surface area (Å²) >= 11 is 6.73. The van der Waals surface area contributed by atoms with E-state index < -0.39 is 17.6 Å². The predicted octanol–water partition coefficient (Wildman–Crippen LogP) is 4.98. The van der Waals surface area contributed by atoms with E-state index in [0.717, 1.165) is 49.2 Å². The smallest absolute Gasteiger partial charge is 0.324 e. The number of anilines is 1. The van der Waals surface area contributed by atoms with Gasteiger partial charge in [0.15, 0.2) is 0 Å². The van der Waals surface area contributed by atoms with Crippen LogP contribution in [0.2, 0.25) is 0 Å². The number of hydrogen-bond acceptors (Lipinski definition) is 6. The van der Waals surface area contributed by atoms with Crippen molar-refractivity contribution in [2.75, 3.05) is 44.6 Å². The number of fused-ring (bicyclic) bond motifs is 1. The number of benzene rings is 2. The summed E-state index contributed by atoms with van der Waals surface area (Å²) in [5.41, 5.74) is 1.62. The van der Waals surface area contributed by atoms with E-state index in [1.54, 1.807) is 21.9 Å². The summed E-state index contributed by atoms with van der Waals surface area (Å²) < 4.78 is 0.920. The topological polar surface area (TPSA) is 146 Å². The standard InChI is InChI=1S/C34H42Br2N6O6/c35-25-18-22(19-26(36)29(25)43)20-28(30(44)39-16-10-34(11-17-39,31(45)46)41-12-4-1-5-13-41)38-32(47)40-14-8-24(9-15-40)42-21-23-6-2-3-7-27(23)37-33(42)48/h2-3,6-7,18-19,24,28,43H,1,4-5,8-17,20-21H2,(H,37,48)(H,38,47)(H,45,46)/t28-/m1/s1. The first-order valence-electron chi connectivity index (χ1n) is 16.7. The first-order valence-corrected chi connectivity index (χ1v) is 18.3. The number of carbonyl (C=O) groups excluding carboxylic acids is 3. The number of aromatic hydroxyl groups is 1. The molecule has 48 heavy (non-hydrogen) atoms. The fourth-order valence-corrected chi connectivity index (χ4v) is 8.90. The Morgan fingerprint density at radius 1 is 0.938 bits per heavy atom. The van der Waals surface area contributed by atoms with E-state index in [1.807, 2.05) is 29.2 Å². The SMILES string of the molecule is O=C(N[C@H](Cc1cc(Br)c(O)c(Br)c1)C(=O)N1CCC(C(=O)O)(N2CCCCC2)CC1)N1CCC(N2Cc3ccccc3NC2=O)CC1. The lowest BCUT2D eigenvalue weighted by molar-refractivity contribution is -0.159. The third-order valence-electron chi connectivity index (χ3n) is 10.4. The first-order chi connectivity index (χ1) is 23.1. The molecule has 0 saturated carbocycles. The summed E-state index contributed by atoms with van der Waals surface area (Å²) in [6, 6.07) is 9.78. The molecular formula is C34H42Br2N6O6. The zero-order valence-corrected chi connectivity index (χ0v) is 30.0. The molecule has 4 aliphatic heterocycles. The Morgan fingerprint density at radius 3 is 2.23 bits per heavy atom. The third kappa shape index (κ3) is 7.16. The molecule has 0 bridgehead atoms. The summed E-state index contributed by atoms with van der Waals surface area (Å²) in [6.07, 6.45) is 5.10. The van der Waals surface area contributed by atoms with Crippen molar-refractivity contribution in [2.45, 2.75) is 75.5 Å². The zero-order chi connectivity index (χ0) is 34.0. The van der Waals surface area contributed by atoms with E-state index in [0.29, 0.717) is 54.3 Å². The van der Waals surface area contributed by atoms with Crippen LogP contribution in [0.3, 0.4) is 0 Å². The molecule has 12 nitrogen and oxygen atoms in total. The van der Waals surface area contributed by atoms with E-state index in [1.165, 1.54) is 0 Å². The molecule has 6 rings (SSSR count). The molecule has 4 aliphatic rings. The minimum absolute atomic E-state index is 0.0192. The van der Waals surface area contributed by atoms with Gasteiger partial charge in [0.05, 0.1) is 8.95 Å². The Labute approximate surface area is 297 Å². The fourth-order valence-electron chi connectivity index (χ4n) is 7.61. The summed E-state index contributed by atoms with van der Waals surface area (Å²) in [5, 5.41) is 26.5. The molecule has 0 radical (unpaired) electrons. The van der Waals surface area contributed by atoms with Gasteiger partial charge < -0.3 is 35.5 Å².